The molecule has 3 nitrogen and oxygen atoms in total. The molecule has 0 radical (unpaired) electrons. The number of amidine groups is 1. The maximum atomic E-state index is 5.25. The summed E-state index contributed by atoms with van der Waals surface area (Å²) in [4.78, 5) is 5.47. The van der Waals surface area contributed by atoms with Gasteiger partial charge in [0.1, 0.15) is 5.84 Å². The van der Waals surface area contributed by atoms with Crippen LogP contribution in [0.2, 0.25) is 19.6 Å². The van der Waals surface area contributed by atoms with Crippen molar-refractivity contribution in [1.82, 2.24) is 9.80 Å². The summed E-state index contributed by atoms with van der Waals surface area (Å²) in [5.74, 6) is 1.44. The van der Waals surface area contributed by atoms with Crippen molar-refractivity contribution >= 4 is 14.1 Å². The maximum absolute atomic E-state index is 5.25. The van der Waals surface area contributed by atoms with Gasteiger partial charge in [0.2, 0.25) is 0 Å². The molecule has 0 aromatic heterocycles. The van der Waals surface area contributed by atoms with Crippen LogP contribution in [-0.4, -0.2) is 49.2 Å². The molecular formula is C18H35N3Si. The molecule has 3 fully saturated rings. The van der Waals surface area contributed by atoms with Gasteiger partial charge in [-0.25, -0.2) is 0 Å². The van der Waals surface area contributed by atoms with E-state index >= 15 is 0 Å². The Bertz CT molecular complexity index is 390. The Morgan fingerprint density at radius 3 is 1.91 bits per heavy atom. The van der Waals surface area contributed by atoms with E-state index in [4.69, 9.17) is 4.66 Å². The van der Waals surface area contributed by atoms with Gasteiger partial charge in [0, 0.05) is 12.1 Å². The van der Waals surface area contributed by atoms with E-state index in [0.29, 0.717) is 0 Å². The Balaban J connectivity index is 1.73. The predicted octanol–water partition coefficient (Wildman–Crippen LogP) is 4.46. The molecule has 126 valence electrons. The van der Waals surface area contributed by atoms with Crippen LogP contribution in [0.3, 0.4) is 0 Å². The molecule has 1 saturated heterocycles. The average Bonchev–Trinajstić information content (AvgIpc) is 2.91. The van der Waals surface area contributed by atoms with E-state index in [1.807, 2.05) is 0 Å². The van der Waals surface area contributed by atoms with Gasteiger partial charge >= 0.3 is 0 Å². The van der Waals surface area contributed by atoms with Crippen LogP contribution in [0.25, 0.3) is 0 Å². The van der Waals surface area contributed by atoms with Crippen LogP contribution < -0.4 is 0 Å². The first-order valence-electron chi connectivity index (χ1n) is 9.62. The van der Waals surface area contributed by atoms with E-state index in [0.717, 1.165) is 18.6 Å². The molecule has 3 rings (SSSR count). The van der Waals surface area contributed by atoms with Crippen LogP contribution in [0.1, 0.15) is 64.2 Å². The fraction of sp³-hybridized carbons (Fsp3) is 0.944. The largest absolute Gasteiger partial charge is 0.344 e. The van der Waals surface area contributed by atoms with Crippen molar-refractivity contribution in [2.75, 3.05) is 13.2 Å². The van der Waals surface area contributed by atoms with Crippen molar-refractivity contribution < 1.29 is 0 Å². The molecule has 0 spiro atoms. The second-order valence-corrected chi connectivity index (χ2v) is 13.2. The Morgan fingerprint density at radius 2 is 1.36 bits per heavy atom. The topological polar surface area (TPSA) is 18.8 Å². The zero-order valence-electron chi connectivity index (χ0n) is 15.0. The lowest BCUT2D eigenvalue weighted by atomic mass is 9.94. The molecule has 1 heterocycles. The summed E-state index contributed by atoms with van der Waals surface area (Å²) in [6.45, 7) is 9.43. The third-order valence-corrected chi connectivity index (χ3v) is 6.51. The number of hydrogen-bond acceptors (Lipinski definition) is 2. The molecule has 1 aliphatic heterocycles. The summed E-state index contributed by atoms with van der Waals surface area (Å²) in [5.41, 5.74) is 0. The van der Waals surface area contributed by atoms with Crippen molar-refractivity contribution in [2.45, 2.75) is 95.9 Å². The Morgan fingerprint density at radius 1 is 0.818 bits per heavy atom. The molecule has 0 N–H and O–H groups in total. The van der Waals surface area contributed by atoms with E-state index in [9.17, 15) is 0 Å². The van der Waals surface area contributed by atoms with Gasteiger partial charge in [0.25, 0.3) is 0 Å². The van der Waals surface area contributed by atoms with Gasteiger partial charge in [0.15, 0.2) is 8.24 Å². The molecule has 0 aromatic rings. The Kier molecular flexibility index (Phi) is 5.28. The van der Waals surface area contributed by atoms with E-state index in [1.54, 1.807) is 0 Å². The number of hydrogen-bond donors (Lipinski definition) is 0. The molecule has 4 heteroatoms. The molecular weight excluding hydrogens is 286 g/mol. The van der Waals surface area contributed by atoms with E-state index in [2.05, 4.69) is 29.4 Å². The maximum Gasteiger partial charge on any atom is 0.174 e. The van der Waals surface area contributed by atoms with Crippen LogP contribution in [0, 0.1) is 0 Å². The first-order valence-corrected chi connectivity index (χ1v) is 13.1. The van der Waals surface area contributed by atoms with Gasteiger partial charge in [-0.3, -0.25) is 4.90 Å². The standard InChI is InChI=1S/C18H35N3Si/c1-22(2,3)19-18-14-20(16-10-6-4-7-11-16)15-21(18)17-12-8-5-9-13-17/h16-17H,4-15H2,1-3H3. The van der Waals surface area contributed by atoms with Gasteiger partial charge < -0.3 is 9.56 Å². The van der Waals surface area contributed by atoms with E-state index < -0.39 is 8.24 Å². The average molecular weight is 322 g/mol. The van der Waals surface area contributed by atoms with Gasteiger partial charge in [-0.1, -0.05) is 38.5 Å². The van der Waals surface area contributed by atoms with Crippen molar-refractivity contribution in [3.8, 4) is 0 Å². The lowest BCUT2D eigenvalue weighted by molar-refractivity contribution is 0.132. The van der Waals surface area contributed by atoms with Crippen LogP contribution in [0.5, 0.6) is 0 Å². The van der Waals surface area contributed by atoms with Crippen molar-refractivity contribution in [1.29, 1.82) is 0 Å². The number of nitrogens with zero attached hydrogens (tertiary/aromatic N) is 3. The lowest BCUT2D eigenvalue weighted by Gasteiger charge is -2.35. The first kappa shape index (κ1) is 16.5. The summed E-state index contributed by atoms with van der Waals surface area (Å²) in [6, 6.07) is 1.60. The van der Waals surface area contributed by atoms with Gasteiger partial charge in [-0.15, -0.1) is 0 Å². The van der Waals surface area contributed by atoms with Crippen LogP contribution >= 0.6 is 0 Å². The summed E-state index contributed by atoms with van der Waals surface area (Å²) in [7, 11) is -1.39. The highest BCUT2D eigenvalue weighted by Gasteiger charge is 2.36. The minimum absolute atomic E-state index is 0.775. The van der Waals surface area contributed by atoms with Crippen LogP contribution in [0.15, 0.2) is 4.66 Å². The predicted molar refractivity (Wildman–Crippen MR) is 97.9 cm³/mol. The monoisotopic (exact) mass is 321 g/mol. The molecule has 0 amide bonds. The quantitative estimate of drug-likeness (QED) is 0.715. The summed E-state index contributed by atoms with van der Waals surface area (Å²) >= 11 is 0. The third kappa shape index (κ3) is 4.13. The molecule has 0 aromatic carbocycles. The number of rotatable bonds is 3. The van der Waals surface area contributed by atoms with E-state index in [1.165, 1.54) is 76.7 Å². The lowest BCUT2D eigenvalue weighted by Crippen LogP contribution is -2.41. The fourth-order valence-electron chi connectivity index (χ4n) is 4.50. The SMILES string of the molecule is C[Si](C)(C)N=C1CN(C2CCCCC2)CN1C1CCCCC1. The molecule has 0 bridgehead atoms. The van der Waals surface area contributed by atoms with Crippen molar-refractivity contribution in [3.63, 3.8) is 0 Å². The highest BCUT2D eigenvalue weighted by atomic mass is 28.3. The van der Waals surface area contributed by atoms with Crippen LogP contribution in [-0.2, 0) is 0 Å². The first-order chi connectivity index (χ1) is 10.5. The molecule has 22 heavy (non-hydrogen) atoms. The van der Waals surface area contributed by atoms with Gasteiger partial charge in [0.05, 0.1) is 13.2 Å². The second kappa shape index (κ2) is 7.04. The Labute approximate surface area is 138 Å². The molecule has 0 atom stereocenters. The normalized spacial score (nSPS) is 28.7. The smallest absolute Gasteiger partial charge is 0.174 e. The van der Waals surface area contributed by atoms with Crippen LogP contribution in [0.4, 0.5) is 0 Å². The Hall–Kier alpha value is -0.353. The second-order valence-electron chi connectivity index (χ2n) is 8.64. The van der Waals surface area contributed by atoms with Crippen molar-refractivity contribution in [2.24, 2.45) is 4.66 Å². The molecule has 2 aliphatic carbocycles. The zero-order chi connectivity index (χ0) is 15.6. The molecule has 3 aliphatic rings. The zero-order valence-corrected chi connectivity index (χ0v) is 16.0. The highest BCUT2D eigenvalue weighted by molar-refractivity contribution is 6.75. The summed E-state index contributed by atoms with van der Waals surface area (Å²) < 4.78 is 5.25. The fourth-order valence-corrected chi connectivity index (χ4v) is 5.47. The molecule has 2 saturated carbocycles. The summed E-state index contributed by atoms with van der Waals surface area (Å²) in [6.07, 6.45) is 14.2. The van der Waals surface area contributed by atoms with Crippen molar-refractivity contribution in [3.05, 3.63) is 0 Å². The highest BCUT2D eigenvalue weighted by Crippen LogP contribution is 2.30. The molecule has 0 unspecified atom stereocenters. The van der Waals surface area contributed by atoms with Gasteiger partial charge in [-0.2, -0.15) is 0 Å². The summed E-state index contributed by atoms with van der Waals surface area (Å²) in [5, 5.41) is 0. The van der Waals surface area contributed by atoms with E-state index in [-0.39, 0.29) is 0 Å². The minimum atomic E-state index is -1.39. The minimum Gasteiger partial charge on any atom is -0.344 e. The third-order valence-electron chi connectivity index (χ3n) is 5.58. The van der Waals surface area contributed by atoms with Gasteiger partial charge in [-0.05, 0) is 45.3 Å².